The Morgan fingerprint density at radius 2 is 2.00 bits per heavy atom. The predicted molar refractivity (Wildman–Crippen MR) is 74.3 cm³/mol. The van der Waals surface area contributed by atoms with Crippen LogP contribution in [0.2, 0.25) is 0 Å². The Morgan fingerprint density at radius 3 is 2.60 bits per heavy atom. The predicted octanol–water partition coefficient (Wildman–Crippen LogP) is 2.21. The highest BCUT2D eigenvalue weighted by atomic mass is 19.1. The number of hydrogen-bond acceptors (Lipinski definition) is 4. The van der Waals surface area contributed by atoms with E-state index in [0.717, 1.165) is 31.4 Å². The summed E-state index contributed by atoms with van der Waals surface area (Å²) in [4.78, 5) is 10.8. The van der Waals surface area contributed by atoms with E-state index in [-0.39, 0.29) is 12.2 Å². The fraction of sp³-hybridized carbons (Fsp3) is 0.500. The van der Waals surface area contributed by atoms with Crippen molar-refractivity contribution in [3.63, 3.8) is 0 Å². The van der Waals surface area contributed by atoms with Gasteiger partial charge < -0.3 is 21.3 Å². The Balaban J connectivity index is 2.10. The summed E-state index contributed by atoms with van der Waals surface area (Å²) in [6.45, 7) is 0.281. The average Bonchev–Trinajstić information content (AvgIpc) is 2.40. The van der Waals surface area contributed by atoms with Crippen molar-refractivity contribution in [3.8, 4) is 0 Å². The topological polar surface area (TPSA) is 95.6 Å². The van der Waals surface area contributed by atoms with E-state index in [9.17, 15) is 14.3 Å². The normalized spacial score (nSPS) is 17.7. The Kier molecular flexibility index (Phi) is 4.13. The number of carboxylic acids is 1. The third-order valence-corrected chi connectivity index (χ3v) is 3.76. The van der Waals surface area contributed by atoms with Crippen LogP contribution in [0.15, 0.2) is 12.1 Å². The number of benzene rings is 1. The van der Waals surface area contributed by atoms with Crippen LogP contribution in [-0.2, 0) is 0 Å². The Labute approximate surface area is 116 Å². The van der Waals surface area contributed by atoms with Crippen molar-refractivity contribution in [1.29, 1.82) is 0 Å². The summed E-state index contributed by atoms with van der Waals surface area (Å²) >= 11 is 0. The van der Waals surface area contributed by atoms with Crippen LogP contribution in [-0.4, -0.2) is 28.3 Å². The molecule has 0 aromatic heterocycles. The quantitative estimate of drug-likeness (QED) is 0.635. The smallest absolute Gasteiger partial charge is 0.338 e. The molecule has 6 heteroatoms. The molecule has 5 N–H and O–H groups in total. The molecule has 0 bridgehead atoms. The number of nitrogen functional groups attached to an aromatic ring is 1. The first-order valence-electron chi connectivity index (χ1n) is 6.70. The zero-order valence-electron chi connectivity index (χ0n) is 11.2. The zero-order valence-corrected chi connectivity index (χ0v) is 11.2. The number of rotatable bonds is 4. The standard InChI is InChI=1S/C14H19FN2O3/c15-10-7-12(11(16)6-9(10)13(18)19)17-8-14(20)4-2-1-3-5-14/h6-7,17,20H,1-5,8,16H2,(H,18,19). The van der Waals surface area contributed by atoms with Gasteiger partial charge >= 0.3 is 5.97 Å². The van der Waals surface area contributed by atoms with Crippen LogP contribution >= 0.6 is 0 Å². The maximum absolute atomic E-state index is 13.6. The van der Waals surface area contributed by atoms with Gasteiger partial charge in [0.1, 0.15) is 5.82 Å². The molecule has 5 nitrogen and oxygen atoms in total. The van der Waals surface area contributed by atoms with Crippen LogP contribution in [0.3, 0.4) is 0 Å². The highest BCUT2D eigenvalue weighted by Gasteiger charge is 2.29. The van der Waals surface area contributed by atoms with E-state index >= 15 is 0 Å². The minimum atomic E-state index is -1.35. The fourth-order valence-electron chi connectivity index (χ4n) is 2.55. The van der Waals surface area contributed by atoms with Gasteiger partial charge in [-0.25, -0.2) is 9.18 Å². The fourth-order valence-corrected chi connectivity index (χ4v) is 2.55. The van der Waals surface area contributed by atoms with Crippen molar-refractivity contribution in [2.45, 2.75) is 37.7 Å². The Bertz CT molecular complexity index is 513. The van der Waals surface area contributed by atoms with Crippen molar-refractivity contribution in [2.75, 3.05) is 17.6 Å². The molecule has 2 rings (SSSR count). The van der Waals surface area contributed by atoms with Gasteiger partial charge in [-0.1, -0.05) is 19.3 Å². The van der Waals surface area contributed by atoms with Crippen molar-refractivity contribution >= 4 is 17.3 Å². The largest absolute Gasteiger partial charge is 0.478 e. The number of anilines is 2. The third-order valence-electron chi connectivity index (χ3n) is 3.76. The van der Waals surface area contributed by atoms with Gasteiger partial charge in [0.2, 0.25) is 0 Å². The van der Waals surface area contributed by atoms with Crippen molar-refractivity contribution in [2.24, 2.45) is 0 Å². The first-order valence-corrected chi connectivity index (χ1v) is 6.70. The molecule has 110 valence electrons. The lowest BCUT2D eigenvalue weighted by Gasteiger charge is -2.32. The van der Waals surface area contributed by atoms with E-state index in [1.54, 1.807) is 0 Å². The highest BCUT2D eigenvalue weighted by molar-refractivity contribution is 5.90. The van der Waals surface area contributed by atoms with Crippen LogP contribution in [0.4, 0.5) is 15.8 Å². The van der Waals surface area contributed by atoms with Gasteiger partial charge in [-0.05, 0) is 25.0 Å². The molecule has 0 atom stereocenters. The molecule has 0 amide bonds. The molecule has 1 aliphatic carbocycles. The number of carboxylic acid groups (broad SMARTS) is 1. The van der Waals surface area contributed by atoms with E-state index < -0.39 is 23.0 Å². The summed E-state index contributed by atoms with van der Waals surface area (Å²) in [7, 11) is 0. The lowest BCUT2D eigenvalue weighted by Crippen LogP contribution is -2.38. The monoisotopic (exact) mass is 282 g/mol. The number of carbonyl (C=O) groups is 1. The van der Waals surface area contributed by atoms with Crippen LogP contribution in [0.5, 0.6) is 0 Å². The van der Waals surface area contributed by atoms with Gasteiger partial charge in [-0.15, -0.1) is 0 Å². The van der Waals surface area contributed by atoms with Crippen molar-refractivity contribution < 1.29 is 19.4 Å². The number of nitrogens with one attached hydrogen (secondary N) is 1. The van der Waals surface area contributed by atoms with Crippen molar-refractivity contribution in [3.05, 3.63) is 23.5 Å². The van der Waals surface area contributed by atoms with Crippen LogP contribution in [0.25, 0.3) is 0 Å². The van der Waals surface area contributed by atoms with Gasteiger partial charge in [-0.3, -0.25) is 0 Å². The highest BCUT2D eigenvalue weighted by Crippen LogP contribution is 2.30. The molecule has 1 fully saturated rings. The van der Waals surface area contributed by atoms with Crippen LogP contribution < -0.4 is 11.1 Å². The molecular weight excluding hydrogens is 263 g/mol. The molecule has 1 aromatic rings. The molecular formula is C14H19FN2O3. The number of nitrogens with two attached hydrogens (primary N) is 1. The summed E-state index contributed by atoms with van der Waals surface area (Å²) < 4.78 is 13.6. The molecule has 20 heavy (non-hydrogen) atoms. The summed E-state index contributed by atoms with van der Waals surface area (Å²) in [5.74, 6) is -2.20. The maximum atomic E-state index is 13.6. The number of aromatic carboxylic acids is 1. The number of hydrogen-bond donors (Lipinski definition) is 4. The van der Waals surface area contributed by atoms with Gasteiger partial charge in [0, 0.05) is 6.54 Å². The van der Waals surface area contributed by atoms with E-state index in [1.165, 1.54) is 0 Å². The molecule has 0 saturated heterocycles. The summed E-state index contributed by atoms with van der Waals surface area (Å²) in [6, 6.07) is 2.15. The molecule has 0 heterocycles. The van der Waals surface area contributed by atoms with Gasteiger partial charge in [0.15, 0.2) is 0 Å². The second kappa shape index (κ2) is 5.66. The molecule has 1 saturated carbocycles. The summed E-state index contributed by atoms with van der Waals surface area (Å²) in [5, 5.41) is 22.1. The van der Waals surface area contributed by atoms with E-state index in [0.29, 0.717) is 18.5 Å². The zero-order chi connectivity index (χ0) is 14.8. The van der Waals surface area contributed by atoms with Gasteiger partial charge in [0.05, 0.1) is 22.5 Å². The van der Waals surface area contributed by atoms with E-state index in [2.05, 4.69) is 5.32 Å². The average molecular weight is 282 g/mol. The van der Waals surface area contributed by atoms with E-state index in [4.69, 9.17) is 10.8 Å². The summed E-state index contributed by atoms with van der Waals surface area (Å²) in [5.41, 5.74) is 4.93. The first kappa shape index (κ1) is 14.6. The molecule has 0 spiro atoms. The molecule has 0 aliphatic heterocycles. The van der Waals surface area contributed by atoms with Crippen LogP contribution in [0, 0.1) is 5.82 Å². The third kappa shape index (κ3) is 3.19. The second-order valence-corrected chi connectivity index (χ2v) is 5.36. The maximum Gasteiger partial charge on any atom is 0.338 e. The lowest BCUT2D eigenvalue weighted by atomic mass is 9.85. The minimum absolute atomic E-state index is 0.156. The molecule has 1 aromatic carbocycles. The van der Waals surface area contributed by atoms with Gasteiger partial charge in [0.25, 0.3) is 0 Å². The number of halogens is 1. The summed E-state index contributed by atoms with van der Waals surface area (Å²) in [6.07, 6.45) is 4.47. The Hall–Kier alpha value is -1.82. The number of aliphatic hydroxyl groups is 1. The SMILES string of the molecule is Nc1cc(C(=O)O)c(F)cc1NCC1(O)CCCCC1. The van der Waals surface area contributed by atoms with Gasteiger partial charge in [-0.2, -0.15) is 0 Å². The Morgan fingerprint density at radius 1 is 1.35 bits per heavy atom. The van der Waals surface area contributed by atoms with Crippen molar-refractivity contribution in [1.82, 2.24) is 0 Å². The molecule has 0 radical (unpaired) electrons. The molecule has 0 unspecified atom stereocenters. The first-order chi connectivity index (χ1) is 9.41. The van der Waals surface area contributed by atoms with Crippen LogP contribution in [0.1, 0.15) is 42.5 Å². The van der Waals surface area contributed by atoms with E-state index in [1.807, 2.05) is 0 Å². The molecule has 1 aliphatic rings. The minimum Gasteiger partial charge on any atom is -0.478 e. The lowest BCUT2D eigenvalue weighted by molar-refractivity contribution is 0.0167. The second-order valence-electron chi connectivity index (χ2n) is 5.36.